The molecule has 8 rings (SSSR count). The Labute approximate surface area is 240 Å². The molecule has 1 aliphatic rings. The lowest BCUT2D eigenvalue weighted by molar-refractivity contribution is 0.660. The molecule has 0 bridgehead atoms. The normalized spacial score (nSPS) is 13.3. The molecule has 2 heterocycles. The number of rotatable bonds is 3. The van der Waals surface area contributed by atoms with Crippen molar-refractivity contribution in [3.63, 3.8) is 0 Å². The van der Waals surface area contributed by atoms with Gasteiger partial charge < -0.3 is 0 Å². The first-order valence-corrected chi connectivity index (χ1v) is 14.2. The molecule has 0 amide bonds. The van der Waals surface area contributed by atoms with Gasteiger partial charge in [-0.1, -0.05) is 129 Å². The maximum absolute atomic E-state index is 5.14. The van der Waals surface area contributed by atoms with Crippen molar-refractivity contribution >= 4 is 21.8 Å². The molecular formula is C39H28N2. The van der Waals surface area contributed by atoms with E-state index in [2.05, 4.69) is 129 Å². The van der Waals surface area contributed by atoms with Crippen molar-refractivity contribution in [3.05, 3.63) is 145 Å². The number of hydrogen-bond acceptors (Lipinski definition) is 2. The van der Waals surface area contributed by atoms with E-state index in [1.54, 1.807) is 0 Å². The number of benzene rings is 5. The average molecular weight is 525 g/mol. The monoisotopic (exact) mass is 524 g/mol. The third kappa shape index (κ3) is 3.79. The summed E-state index contributed by atoms with van der Waals surface area (Å²) < 4.78 is 0. The van der Waals surface area contributed by atoms with Gasteiger partial charge in [0.1, 0.15) is 0 Å². The Kier molecular flexibility index (Phi) is 5.20. The minimum atomic E-state index is -0.00588. The highest BCUT2D eigenvalue weighted by Crippen LogP contribution is 2.49. The van der Waals surface area contributed by atoms with Gasteiger partial charge in [-0.05, 0) is 51.6 Å². The first-order valence-electron chi connectivity index (χ1n) is 14.2. The summed E-state index contributed by atoms with van der Waals surface area (Å²) in [6.45, 7) is 4.66. The van der Waals surface area contributed by atoms with E-state index in [1.165, 1.54) is 33.4 Å². The van der Waals surface area contributed by atoms with Gasteiger partial charge in [0.05, 0.1) is 22.4 Å². The fourth-order valence-corrected chi connectivity index (χ4v) is 6.42. The van der Waals surface area contributed by atoms with Crippen LogP contribution in [-0.2, 0) is 5.41 Å². The largest absolute Gasteiger partial charge is 0.245 e. The molecule has 0 fully saturated rings. The molecular weight excluding hydrogens is 496 g/mol. The van der Waals surface area contributed by atoms with Gasteiger partial charge >= 0.3 is 0 Å². The molecule has 5 aromatic carbocycles. The quantitative estimate of drug-likeness (QED) is 0.215. The second-order valence-electron chi connectivity index (χ2n) is 11.5. The molecule has 0 spiro atoms. The minimum absolute atomic E-state index is 0.00588. The molecule has 2 nitrogen and oxygen atoms in total. The van der Waals surface area contributed by atoms with Crippen molar-refractivity contribution in [3.8, 4) is 44.8 Å². The van der Waals surface area contributed by atoms with E-state index in [4.69, 9.17) is 9.97 Å². The van der Waals surface area contributed by atoms with E-state index in [-0.39, 0.29) is 5.41 Å². The maximum atomic E-state index is 5.14. The molecule has 0 saturated carbocycles. The number of fused-ring (bicyclic) bond motifs is 6. The Morgan fingerprint density at radius 3 is 1.61 bits per heavy atom. The third-order valence-corrected chi connectivity index (χ3v) is 8.69. The summed E-state index contributed by atoms with van der Waals surface area (Å²) in [5.41, 5.74) is 13.9. The number of pyridine rings is 2. The van der Waals surface area contributed by atoms with Gasteiger partial charge in [-0.25, -0.2) is 9.97 Å². The lowest BCUT2D eigenvalue weighted by atomic mass is 9.81. The highest BCUT2D eigenvalue weighted by molar-refractivity contribution is 6.04. The van der Waals surface area contributed by atoms with Crippen molar-refractivity contribution in [2.45, 2.75) is 19.3 Å². The lowest BCUT2D eigenvalue weighted by Crippen LogP contribution is -2.14. The maximum Gasteiger partial charge on any atom is 0.0972 e. The highest BCUT2D eigenvalue weighted by Gasteiger charge is 2.35. The predicted octanol–water partition coefficient (Wildman–Crippen LogP) is 10.1. The second-order valence-corrected chi connectivity index (χ2v) is 11.5. The van der Waals surface area contributed by atoms with Crippen LogP contribution in [0.5, 0.6) is 0 Å². The highest BCUT2D eigenvalue weighted by atomic mass is 14.8. The van der Waals surface area contributed by atoms with E-state index in [1.807, 2.05) is 18.2 Å². The fraction of sp³-hybridized carbons (Fsp3) is 0.0769. The van der Waals surface area contributed by atoms with Gasteiger partial charge in [-0.3, -0.25) is 0 Å². The third-order valence-electron chi connectivity index (χ3n) is 8.69. The van der Waals surface area contributed by atoms with Crippen LogP contribution in [0.2, 0.25) is 0 Å². The van der Waals surface area contributed by atoms with Crippen molar-refractivity contribution in [1.82, 2.24) is 9.97 Å². The molecule has 2 heteroatoms. The second kappa shape index (κ2) is 8.97. The fourth-order valence-electron chi connectivity index (χ4n) is 6.42. The summed E-state index contributed by atoms with van der Waals surface area (Å²) in [7, 11) is 0. The predicted molar refractivity (Wildman–Crippen MR) is 171 cm³/mol. The van der Waals surface area contributed by atoms with Gasteiger partial charge in [-0.2, -0.15) is 0 Å². The van der Waals surface area contributed by atoms with Crippen LogP contribution in [0.15, 0.2) is 133 Å². The van der Waals surface area contributed by atoms with Crippen molar-refractivity contribution < 1.29 is 0 Å². The van der Waals surface area contributed by atoms with Crippen LogP contribution < -0.4 is 0 Å². The summed E-state index contributed by atoms with van der Waals surface area (Å²) in [6.07, 6.45) is 0. The molecule has 0 radical (unpaired) electrons. The van der Waals surface area contributed by atoms with Gasteiger partial charge in [0.15, 0.2) is 0 Å². The lowest BCUT2D eigenvalue weighted by Gasteiger charge is -2.22. The summed E-state index contributed by atoms with van der Waals surface area (Å²) in [5, 5.41) is 2.19. The summed E-state index contributed by atoms with van der Waals surface area (Å²) in [6, 6.07) is 47.6. The Hall–Kier alpha value is -5.08. The number of nitrogens with zero attached hydrogens (tertiary/aromatic N) is 2. The molecule has 0 N–H and O–H groups in total. The number of aromatic nitrogens is 2. The van der Waals surface area contributed by atoms with E-state index >= 15 is 0 Å². The van der Waals surface area contributed by atoms with E-state index in [9.17, 15) is 0 Å². The summed E-state index contributed by atoms with van der Waals surface area (Å²) >= 11 is 0. The van der Waals surface area contributed by atoms with Crippen molar-refractivity contribution in [2.75, 3.05) is 0 Å². The van der Waals surface area contributed by atoms with Gasteiger partial charge in [0.25, 0.3) is 0 Å². The Morgan fingerprint density at radius 1 is 0.415 bits per heavy atom. The molecule has 1 aliphatic carbocycles. The van der Waals surface area contributed by atoms with Gasteiger partial charge in [0.2, 0.25) is 0 Å². The zero-order valence-electron chi connectivity index (χ0n) is 23.1. The summed E-state index contributed by atoms with van der Waals surface area (Å²) in [5.74, 6) is 0. The Morgan fingerprint density at radius 2 is 0.927 bits per heavy atom. The van der Waals surface area contributed by atoms with Gasteiger partial charge in [0, 0.05) is 27.3 Å². The first-order chi connectivity index (χ1) is 20.1. The summed E-state index contributed by atoms with van der Waals surface area (Å²) in [4.78, 5) is 10.2. The van der Waals surface area contributed by atoms with Crippen LogP contribution in [0.1, 0.15) is 25.0 Å². The van der Waals surface area contributed by atoms with Crippen molar-refractivity contribution in [1.29, 1.82) is 0 Å². The molecule has 0 aliphatic heterocycles. The van der Waals surface area contributed by atoms with E-state index in [0.29, 0.717) is 0 Å². The van der Waals surface area contributed by atoms with Crippen LogP contribution in [0.4, 0.5) is 0 Å². The molecule has 7 aromatic rings. The smallest absolute Gasteiger partial charge is 0.0972 e. The van der Waals surface area contributed by atoms with Crippen LogP contribution in [-0.4, -0.2) is 9.97 Å². The first kappa shape index (κ1) is 23.8. The zero-order chi connectivity index (χ0) is 27.6. The zero-order valence-corrected chi connectivity index (χ0v) is 23.1. The number of hydrogen-bond donors (Lipinski definition) is 0. The topological polar surface area (TPSA) is 25.8 Å². The average Bonchev–Trinajstić information content (AvgIpc) is 3.27. The van der Waals surface area contributed by atoms with Crippen LogP contribution in [0.3, 0.4) is 0 Å². The molecule has 0 atom stereocenters. The standard InChI is InChI=1S/C39H28N2/c1-39(2)33-11-7-6-10-31(33)32-21-18-30(24-34(32)39)25-12-14-27(15-13-25)36-23-20-29-17-16-28-19-22-35(26-8-4-3-5-9-26)40-37(28)38(29)41-36/h3-24H,1-2H3. The van der Waals surface area contributed by atoms with Crippen LogP contribution >= 0.6 is 0 Å². The van der Waals surface area contributed by atoms with E-state index in [0.717, 1.165) is 44.3 Å². The van der Waals surface area contributed by atoms with Crippen LogP contribution in [0, 0.1) is 0 Å². The molecule has 41 heavy (non-hydrogen) atoms. The van der Waals surface area contributed by atoms with Crippen LogP contribution in [0.25, 0.3) is 66.6 Å². The SMILES string of the molecule is CC1(C)c2ccccc2-c2ccc(-c3ccc(-c4ccc5ccc6ccc(-c7ccccc7)nc6c5n4)cc3)cc21. The molecule has 2 aromatic heterocycles. The van der Waals surface area contributed by atoms with Gasteiger partial charge in [-0.15, -0.1) is 0 Å². The van der Waals surface area contributed by atoms with Crippen molar-refractivity contribution in [2.24, 2.45) is 0 Å². The molecule has 194 valence electrons. The Balaban J connectivity index is 1.17. The minimum Gasteiger partial charge on any atom is -0.245 e. The molecule has 0 saturated heterocycles. The van der Waals surface area contributed by atoms with E-state index < -0.39 is 0 Å². The Bertz CT molecular complexity index is 2110. The molecule has 0 unspecified atom stereocenters.